The van der Waals surface area contributed by atoms with Crippen molar-refractivity contribution in [3.8, 4) is 0 Å². The molecule has 3 nitrogen and oxygen atoms in total. The van der Waals surface area contributed by atoms with E-state index in [4.69, 9.17) is 9.47 Å². The average Bonchev–Trinajstić information content (AvgIpc) is 2.56. The predicted molar refractivity (Wildman–Crippen MR) is 81.3 cm³/mol. The minimum absolute atomic E-state index is 0.101. The van der Waals surface area contributed by atoms with Gasteiger partial charge in [-0.2, -0.15) is 0 Å². The molecule has 0 saturated heterocycles. The van der Waals surface area contributed by atoms with Crippen LogP contribution in [0.4, 0.5) is 0 Å². The van der Waals surface area contributed by atoms with Crippen LogP contribution in [-0.2, 0) is 20.7 Å². The summed E-state index contributed by atoms with van der Waals surface area (Å²) in [5.74, 6) is 0.214. The second-order valence-electron chi connectivity index (χ2n) is 6.19. The van der Waals surface area contributed by atoms with Crippen LogP contribution in [0.3, 0.4) is 0 Å². The van der Waals surface area contributed by atoms with Crippen molar-refractivity contribution in [2.24, 2.45) is 0 Å². The molecule has 114 valence electrons. The number of ketones is 1. The Morgan fingerprint density at radius 2 is 2.05 bits per heavy atom. The van der Waals surface area contributed by atoms with Crippen LogP contribution in [-0.4, -0.2) is 25.1 Å². The summed E-state index contributed by atoms with van der Waals surface area (Å²) >= 11 is 0. The largest absolute Gasteiger partial charge is 0.373 e. The van der Waals surface area contributed by atoms with Crippen LogP contribution in [0.1, 0.15) is 55.8 Å². The third-order valence-corrected chi connectivity index (χ3v) is 5.02. The van der Waals surface area contributed by atoms with Gasteiger partial charge in [-0.15, -0.1) is 0 Å². The van der Waals surface area contributed by atoms with Gasteiger partial charge < -0.3 is 9.47 Å². The second kappa shape index (κ2) is 6.29. The molecule has 1 aliphatic heterocycles. The number of fused-ring (bicyclic) bond motifs is 1. The molecule has 21 heavy (non-hydrogen) atoms. The lowest BCUT2D eigenvalue weighted by Crippen LogP contribution is -2.43. The number of methoxy groups -OCH3 is 1. The smallest absolute Gasteiger partial charge is 0.167 e. The van der Waals surface area contributed by atoms with Crippen LogP contribution in [0.25, 0.3) is 0 Å². The van der Waals surface area contributed by atoms with E-state index in [-0.39, 0.29) is 11.9 Å². The summed E-state index contributed by atoms with van der Waals surface area (Å²) in [5, 5.41) is 0. The van der Waals surface area contributed by atoms with Crippen LogP contribution in [0.5, 0.6) is 0 Å². The van der Waals surface area contributed by atoms with Crippen molar-refractivity contribution in [3.63, 3.8) is 0 Å². The first kappa shape index (κ1) is 14.7. The minimum atomic E-state index is -0.562. The lowest BCUT2D eigenvalue weighted by atomic mass is 9.79. The fraction of sp³-hybridized carbons (Fsp3) is 0.611. The summed E-state index contributed by atoms with van der Waals surface area (Å²) in [6.45, 7) is 0.703. The van der Waals surface area contributed by atoms with Crippen molar-refractivity contribution in [1.29, 1.82) is 0 Å². The van der Waals surface area contributed by atoms with E-state index in [0.29, 0.717) is 13.0 Å². The SMILES string of the molecule is COC1(C(=O)CC2OCCc3ccccc32)CCCCC1. The second-order valence-corrected chi connectivity index (χ2v) is 6.19. The number of hydrogen-bond acceptors (Lipinski definition) is 3. The van der Waals surface area contributed by atoms with Gasteiger partial charge >= 0.3 is 0 Å². The Balaban J connectivity index is 1.76. The fourth-order valence-electron chi connectivity index (χ4n) is 3.72. The van der Waals surface area contributed by atoms with E-state index in [1.807, 2.05) is 6.07 Å². The molecule has 1 unspecified atom stereocenters. The molecule has 3 rings (SSSR count). The molecule has 1 fully saturated rings. The lowest BCUT2D eigenvalue weighted by Gasteiger charge is -2.36. The summed E-state index contributed by atoms with van der Waals surface area (Å²) in [5.41, 5.74) is 1.93. The zero-order valence-electron chi connectivity index (χ0n) is 12.8. The molecule has 1 aromatic rings. The minimum Gasteiger partial charge on any atom is -0.373 e. The molecule has 0 N–H and O–H groups in total. The van der Waals surface area contributed by atoms with E-state index >= 15 is 0 Å². The molecule has 2 aliphatic rings. The van der Waals surface area contributed by atoms with Gasteiger partial charge in [0.15, 0.2) is 5.78 Å². The Morgan fingerprint density at radius 1 is 1.29 bits per heavy atom. The molecule has 1 aromatic carbocycles. The highest BCUT2D eigenvalue weighted by Crippen LogP contribution is 2.37. The maximum absolute atomic E-state index is 12.8. The van der Waals surface area contributed by atoms with Gasteiger partial charge in [0.25, 0.3) is 0 Å². The maximum Gasteiger partial charge on any atom is 0.167 e. The first-order chi connectivity index (χ1) is 10.2. The molecule has 0 amide bonds. The lowest BCUT2D eigenvalue weighted by molar-refractivity contribution is -0.148. The van der Waals surface area contributed by atoms with Crippen molar-refractivity contribution in [2.75, 3.05) is 13.7 Å². The Kier molecular flexibility index (Phi) is 4.41. The van der Waals surface area contributed by atoms with E-state index < -0.39 is 5.60 Å². The summed E-state index contributed by atoms with van der Waals surface area (Å²) in [4.78, 5) is 12.8. The van der Waals surface area contributed by atoms with Gasteiger partial charge in [0, 0.05) is 13.5 Å². The number of ether oxygens (including phenoxy) is 2. The Morgan fingerprint density at radius 3 is 2.81 bits per heavy atom. The van der Waals surface area contributed by atoms with Gasteiger partial charge in [0.1, 0.15) is 5.60 Å². The number of carbonyl (C=O) groups excluding carboxylic acids is 1. The van der Waals surface area contributed by atoms with E-state index in [1.54, 1.807) is 7.11 Å². The standard InChI is InChI=1S/C18H24O3/c1-20-18(10-5-2-6-11-18)17(19)13-16-15-8-4-3-7-14(15)9-12-21-16/h3-4,7-8,16H,2,5-6,9-13H2,1H3. The predicted octanol–water partition coefficient (Wildman–Crippen LogP) is 3.61. The molecule has 3 heteroatoms. The molecule has 0 spiro atoms. The van der Waals surface area contributed by atoms with Gasteiger partial charge in [-0.3, -0.25) is 4.79 Å². The summed E-state index contributed by atoms with van der Waals surface area (Å²) in [6, 6.07) is 8.31. The Labute approximate surface area is 126 Å². The van der Waals surface area contributed by atoms with E-state index in [1.165, 1.54) is 17.5 Å². The summed E-state index contributed by atoms with van der Waals surface area (Å²) < 4.78 is 11.5. The zero-order chi connectivity index (χ0) is 14.7. The molecule has 1 atom stereocenters. The highest BCUT2D eigenvalue weighted by molar-refractivity contribution is 5.88. The third kappa shape index (κ3) is 2.90. The molecular weight excluding hydrogens is 264 g/mol. The maximum atomic E-state index is 12.8. The number of hydrogen-bond donors (Lipinski definition) is 0. The van der Waals surface area contributed by atoms with Gasteiger partial charge in [0.05, 0.1) is 12.7 Å². The number of Topliss-reactive ketones (excluding diaryl/α,β-unsaturated/α-hetero) is 1. The fourth-order valence-corrected chi connectivity index (χ4v) is 3.72. The molecular formula is C18H24O3. The van der Waals surface area contributed by atoms with Gasteiger partial charge in [-0.05, 0) is 30.4 Å². The highest BCUT2D eigenvalue weighted by Gasteiger charge is 2.40. The Bertz CT molecular complexity index is 503. The molecule has 0 radical (unpaired) electrons. The van der Waals surface area contributed by atoms with Crippen LogP contribution in [0.15, 0.2) is 24.3 Å². The quantitative estimate of drug-likeness (QED) is 0.849. The number of benzene rings is 1. The topological polar surface area (TPSA) is 35.5 Å². The van der Waals surface area contributed by atoms with E-state index in [2.05, 4.69) is 18.2 Å². The zero-order valence-corrected chi connectivity index (χ0v) is 12.8. The van der Waals surface area contributed by atoms with Crippen molar-refractivity contribution in [1.82, 2.24) is 0 Å². The van der Waals surface area contributed by atoms with Crippen LogP contribution < -0.4 is 0 Å². The van der Waals surface area contributed by atoms with E-state index in [9.17, 15) is 4.79 Å². The molecule has 0 bridgehead atoms. The van der Waals surface area contributed by atoms with Crippen molar-refractivity contribution >= 4 is 5.78 Å². The summed E-state index contributed by atoms with van der Waals surface area (Å²) in [6.07, 6.45) is 6.37. The van der Waals surface area contributed by atoms with Crippen molar-refractivity contribution < 1.29 is 14.3 Å². The summed E-state index contributed by atoms with van der Waals surface area (Å²) in [7, 11) is 1.68. The highest BCUT2D eigenvalue weighted by atomic mass is 16.5. The van der Waals surface area contributed by atoms with Crippen molar-refractivity contribution in [3.05, 3.63) is 35.4 Å². The number of carbonyl (C=O) groups is 1. The van der Waals surface area contributed by atoms with Gasteiger partial charge in [0.2, 0.25) is 0 Å². The monoisotopic (exact) mass is 288 g/mol. The molecule has 1 aliphatic carbocycles. The normalized spacial score (nSPS) is 24.3. The van der Waals surface area contributed by atoms with E-state index in [0.717, 1.165) is 32.1 Å². The number of rotatable bonds is 4. The third-order valence-electron chi connectivity index (χ3n) is 5.02. The van der Waals surface area contributed by atoms with Gasteiger partial charge in [-0.25, -0.2) is 0 Å². The van der Waals surface area contributed by atoms with Crippen LogP contribution >= 0.6 is 0 Å². The van der Waals surface area contributed by atoms with Crippen molar-refractivity contribution in [2.45, 2.75) is 56.7 Å². The molecule has 1 saturated carbocycles. The Hall–Kier alpha value is -1.19. The first-order valence-electron chi connectivity index (χ1n) is 8.03. The average molecular weight is 288 g/mol. The molecule has 1 heterocycles. The molecule has 0 aromatic heterocycles. The van der Waals surface area contributed by atoms with Gasteiger partial charge in [-0.1, -0.05) is 43.5 Å². The van der Waals surface area contributed by atoms with Crippen LogP contribution in [0.2, 0.25) is 0 Å². The van der Waals surface area contributed by atoms with Crippen LogP contribution in [0, 0.1) is 0 Å². The first-order valence-corrected chi connectivity index (χ1v) is 8.03.